The molecule has 3 rings (SSSR count). The van der Waals surface area contributed by atoms with Crippen molar-refractivity contribution in [2.24, 2.45) is 0 Å². The van der Waals surface area contributed by atoms with Crippen LogP contribution in [0.2, 0.25) is 0 Å². The summed E-state index contributed by atoms with van der Waals surface area (Å²) in [7, 11) is 0. The number of hydrogen-bond acceptors (Lipinski definition) is 4. The molecule has 0 bridgehead atoms. The molecule has 6 heteroatoms. The average molecular weight is 367 g/mol. The lowest BCUT2D eigenvalue weighted by atomic mass is 10.0. The van der Waals surface area contributed by atoms with Gasteiger partial charge in [0.05, 0.1) is 0 Å². The minimum absolute atomic E-state index is 0.123. The van der Waals surface area contributed by atoms with Crippen LogP contribution in [-0.4, -0.2) is 54.5 Å². The van der Waals surface area contributed by atoms with Gasteiger partial charge in [0.1, 0.15) is 6.04 Å². The fourth-order valence-electron chi connectivity index (χ4n) is 3.14. The van der Waals surface area contributed by atoms with E-state index in [0.717, 1.165) is 43.6 Å². The molecule has 2 aliphatic rings. The minimum Gasteiger partial charge on any atom is -0.339 e. The molecule has 5 nitrogen and oxygen atoms in total. The van der Waals surface area contributed by atoms with Crippen LogP contribution in [-0.2, 0) is 4.79 Å². The number of halogens is 1. The van der Waals surface area contributed by atoms with Crippen molar-refractivity contribution in [3.63, 3.8) is 0 Å². The maximum atomic E-state index is 12.6. The number of hydrazine groups is 1. The highest BCUT2D eigenvalue weighted by Crippen LogP contribution is 2.24. The molecule has 1 aromatic carbocycles. The first kappa shape index (κ1) is 15.9. The molecule has 120 valence electrons. The maximum Gasteiger partial charge on any atom is 0.241 e. The first-order chi connectivity index (χ1) is 10.7. The van der Waals surface area contributed by atoms with Crippen LogP contribution in [0, 0.1) is 0 Å². The zero-order valence-electron chi connectivity index (χ0n) is 12.9. The van der Waals surface area contributed by atoms with Crippen molar-refractivity contribution in [1.82, 2.24) is 20.7 Å². The number of piperazine rings is 1. The molecule has 2 unspecified atom stereocenters. The van der Waals surface area contributed by atoms with Gasteiger partial charge < -0.3 is 9.80 Å². The molecule has 2 atom stereocenters. The van der Waals surface area contributed by atoms with E-state index in [-0.39, 0.29) is 18.0 Å². The highest BCUT2D eigenvalue weighted by molar-refractivity contribution is 9.10. The lowest BCUT2D eigenvalue weighted by Gasteiger charge is -2.35. The van der Waals surface area contributed by atoms with Gasteiger partial charge in [0, 0.05) is 36.7 Å². The predicted molar refractivity (Wildman–Crippen MR) is 90.3 cm³/mol. The largest absolute Gasteiger partial charge is 0.339 e. The molecule has 2 N–H and O–H groups in total. The Balaban J connectivity index is 1.56. The Morgan fingerprint density at radius 1 is 1.18 bits per heavy atom. The SMILES string of the molecule is CCN1CCN(C(=O)C2CC(c3ccc(Br)cc3)NN2)CC1. The fourth-order valence-corrected chi connectivity index (χ4v) is 3.40. The molecule has 2 heterocycles. The summed E-state index contributed by atoms with van der Waals surface area (Å²) >= 11 is 3.45. The van der Waals surface area contributed by atoms with E-state index in [9.17, 15) is 4.79 Å². The number of carbonyl (C=O) groups is 1. The molecule has 2 fully saturated rings. The van der Waals surface area contributed by atoms with Crippen molar-refractivity contribution in [2.75, 3.05) is 32.7 Å². The van der Waals surface area contributed by atoms with E-state index in [4.69, 9.17) is 0 Å². The molecular formula is C16H23BrN4O. The Labute approximate surface area is 140 Å². The Kier molecular flexibility index (Phi) is 5.13. The number of carbonyl (C=O) groups excluding carboxylic acids is 1. The third kappa shape index (κ3) is 3.51. The molecule has 0 aliphatic carbocycles. The van der Waals surface area contributed by atoms with E-state index < -0.39 is 0 Å². The van der Waals surface area contributed by atoms with Crippen molar-refractivity contribution in [3.05, 3.63) is 34.3 Å². The van der Waals surface area contributed by atoms with E-state index in [2.05, 4.69) is 50.7 Å². The Morgan fingerprint density at radius 3 is 2.50 bits per heavy atom. The van der Waals surface area contributed by atoms with Gasteiger partial charge in [-0.1, -0.05) is 35.0 Å². The van der Waals surface area contributed by atoms with Crippen LogP contribution < -0.4 is 10.9 Å². The van der Waals surface area contributed by atoms with Crippen LogP contribution >= 0.6 is 15.9 Å². The predicted octanol–water partition coefficient (Wildman–Crippen LogP) is 1.52. The summed E-state index contributed by atoms with van der Waals surface area (Å²) in [5.74, 6) is 0.225. The van der Waals surface area contributed by atoms with Gasteiger partial charge >= 0.3 is 0 Å². The summed E-state index contributed by atoms with van der Waals surface area (Å²) in [6.45, 7) is 6.89. The number of nitrogens with one attached hydrogen (secondary N) is 2. The third-order valence-corrected chi connectivity index (χ3v) is 5.13. The standard InChI is InChI=1S/C16H23BrN4O/c1-2-20-7-9-21(10-8-20)16(22)15-11-14(18-19-15)12-3-5-13(17)6-4-12/h3-6,14-15,18-19H,2,7-11H2,1H3. The third-order valence-electron chi connectivity index (χ3n) is 4.60. The highest BCUT2D eigenvalue weighted by Gasteiger charge is 2.33. The second-order valence-electron chi connectivity index (χ2n) is 5.94. The lowest BCUT2D eigenvalue weighted by Crippen LogP contribution is -2.53. The van der Waals surface area contributed by atoms with Gasteiger partial charge in [0.2, 0.25) is 5.91 Å². The summed E-state index contributed by atoms with van der Waals surface area (Å²) in [5, 5.41) is 0. The van der Waals surface area contributed by atoms with Gasteiger partial charge in [0.15, 0.2) is 0 Å². The summed E-state index contributed by atoms with van der Waals surface area (Å²) < 4.78 is 1.07. The number of amides is 1. The molecule has 0 spiro atoms. The summed E-state index contributed by atoms with van der Waals surface area (Å²) in [4.78, 5) is 17.0. The second-order valence-corrected chi connectivity index (χ2v) is 6.86. The van der Waals surface area contributed by atoms with E-state index >= 15 is 0 Å². The molecule has 0 aromatic heterocycles. The van der Waals surface area contributed by atoms with Gasteiger partial charge in [0.25, 0.3) is 0 Å². The molecule has 2 aliphatic heterocycles. The quantitative estimate of drug-likeness (QED) is 0.851. The minimum atomic E-state index is -0.123. The number of rotatable bonds is 3. The summed E-state index contributed by atoms with van der Waals surface area (Å²) in [6, 6.07) is 8.33. The van der Waals surface area contributed by atoms with Crippen LogP contribution in [0.4, 0.5) is 0 Å². The van der Waals surface area contributed by atoms with Crippen molar-refractivity contribution >= 4 is 21.8 Å². The smallest absolute Gasteiger partial charge is 0.241 e. The fraction of sp³-hybridized carbons (Fsp3) is 0.562. The second kappa shape index (κ2) is 7.08. The van der Waals surface area contributed by atoms with Gasteiger partial charge in [-0.25, -0.2) is 10.9 Å². The number of likely N-dealkylation sites (N-methyl/N-ethyl adjacent to an activating group) is 1. The maximum absolute atomic E-state index is 12.6. The molecule has 1 amide bonds. The zero-order valence-corrected chi connectivity index (χ0v) is 14.5. The van der Waals surface area contributed by atoms with E-state index in [1.807, 2.05) is 17.0 Å². The number of benzene rings is 1. The van der Waals surface area contributed by atoms with Gasteiger partial charge in [-0.2, -0.15) is 0 Å². The van der Waals surface area contributed by atoms with Gasteiger partial charge in [-0.3, -0.25) is 4.79 Å². The van der Waals surface area contributed by atoms with Gasteiger partial charge in [-0.15, -0.1) is 0 Å². The first-order valence-corrected chi connectivity index (χ1v) is 8.74. The van der Waals surface area contributed by atoms with Crippen LogP contribution in [0.5, 0.6) is 0 Å². The number of nitrogens with zero attached hydrogens (tertiary/aromatic N) is 2. The van der Waals surface area contributed by atoms with Crippen LogP contribution in [0.1, 0.15) is 24.9 Å². The Hall–Kier alpha value is -0.950. The average Bonchev–Trinajstić information content (AvgIpc) is 3.05. The van der Waals surface area contributed by atoms with Crippen molar-refractivity contribution in [1.29, 1.82) is 0 Å². The molecule has 0 radical (unpaired) electrons. The molecular weight excluding hydrogens is 344 g/mol. The van der Waals surface area contributed by atoms with Gasteiger partial charge in [-0.05, 0) is 30.7 Å². The summed E-state index contributed by atoms with van der Waals surface area (Å²) in [6.07, 6.45) is 0.800. The van der Waals surface area contributed by atoms with Crippen LogP contribution in [0.3, 0.4) is 0 Å². The van der Waals surface area contributed by atoms with E-state index in [1.54, 1.807) is 0 Å². The lowest BCUT2D eigenvalue weighted by molar-refractivity contribution is -0.134. The van der Waals surface area contributed by atoms with Crippen molar-refractivity contribution in [2.45, 2.75) is 25.4 Å². The molecule has 0 saturated carbocycles. The molecule has 1 aromatic rings. The van der Waals surface area contributed by atoms with E-state index in [0.29, 0.717) is 0 Å². The first-order valence-electron chi connectivity index (χ1n) is 7.95. The van der Waals surface area contributed by atoms with E-state index in [1.165, 1.54) is 5.56 Å². The topological polar surface area (TPSA) is 47.6 Å². The summed E-state index contributed by atoms with van der Waals surface area (Å²) in [5.41, 5.74) is 7.64. The molecule has 2 saturated heterocycles. The monoisotopic (exact) mass is 366 g/mol. The van der Waals surface area contributed by atoms with Crippen molar-refractivity contribution in [3.8, 4) is 0 Å². The van der Waals surface area contributed by atoms with Crippen LogP contribution in [0.15, 0.2) is 28.7 Å². The van der Waals surface area contributed by atoms with Crippen LogP contribution in [0.25, 0.3) is 0 Å². The molecule has 22 heavy (non-hydrogen) atoms. The Morgan fingerprint density at radius 2 is 1.86 bits per heavy atom. The number of hydrogen-bond donors (Lipinski definition) is 2. The Bertz CT molecular complexity index is 513. The van der Waals surface area contributed by atoms with Crippen molar-refractivity contribution < 1.29 is 4.79 Å². The zero-order chi connectivity index (χ0) is 15.5. The highest BCUT2D eigenvalue weighted by atomic mass is 79.9. The normalized spacial score (nSPS) is 26.4.